The molecule has 0 aliphatic carbocycles. The highest BCUT2D eigenvalue weighted by atomic mass is 16.4. The lowest BCUT2D eigenvalue weighted by atomic mass is 9.91. The minimum absolute atomic E-state index is 0.0328. The number of piperidine rings is 1. The second-order valence-electron chi connectivity index (χ2n) is 3.93. The van der Waals surface area contributed by atoms with Crippen LogP contribution in [0.3, 0.4) is 0 Å². The minimum atomic E-state index is -0.903. The lowest BCUT2D eigenvalue weighted by Gasteiger charge is -2.36. The molecule has 15 heavy (non-hydrogen) atoms. The molecule has 0 bridgehead atoms. The van der Waals surface area contributed by atoms with Crippen LogP contribution in [0.2, 0.25) is 0 Å². The van der Waals surface area contributed by atoms with Crippen LogP contribution < -0.4 is 0 Å². The maximum Gasteiger partial charge on any atom is 0.326 e. The SMILES string of the molecule is C/C=C/C(=O)N1CCCC(C)C1C(=O)O. The van der Waals surface area contributed by atoms with Crippen molar-refractivity contribution < 1.29 is 14.7 Å². The highest BCUT2D eigenvalue weighted by molar-refractivity contribution is 5.91. The van der Waals surface area contributed by atoms with Gasteiger partial charge in [-0.2, -0.15) is 0 Å². The van der Waals surface area contributed by atoms with E-state index in [0.29, 0.717) is 6.54 Å². The lowest BCUT2D eigenvalue weighted by Crippen LogP contribution is -2.51. The van der Waals surface area contributed by atoms with Crippen molar-refractivity contribution in [1.29, 1.82) is 0 Å². The molecule has 4 nitrogen and oxygen atoms in total. The molecule has 2 unspecified atom stereocenters. The van der Waals surface area contributed by atoms with Gasteiger partial charge in [-0.05, 0) is 31.8 Å². The number of hydrogen-bond acceptors (Lipinski definition) is 2. The molecule has 0 spiro atoms. The third-order valence-corrected chi connectivity index (χ3v) is 2.78. The van der Waals surface area contributed by atoms with Gasteiger partial charge >= 0.3 is 5.97 Å². The molecule has 0 aromatic rings. The van der Waals surface area contributed by atoms with Crippen molar-refractivity contribution in [2.24, 2.45) is 5.92 Å². The number of carboxylic acids is 1. The van der Waals surface area contributed by atoms with Gasteiger partial charge in [0.1, 0.15) is 6.04 Å². The molecule has 4 heteroatoms. The topological polar surface area (TPSA) is 57.6 Å². The normalized spacial score (nSPS) is 26.9. The fraction of sp³-hybridized carbons (Fsp3) is 0.636. The van der Waals surface area contributed by atoms with Gasteiger partial charge in [0, 0.05) is 6.54 Å². The Hall–Kier alpha value is -1.32. The molecule has 1 amide bonds. The summed E-state index contributed by atoms with van der Waals surface area (Å²) in [5.41, 5.74) is 0. The van der Waals surface area contributed by atoms with E-state index in [-0.39, 0.29) is 11.8 Å². The zero-order valence-electron chi connectivity index (χ0n) is 9.14. The lowest BCUT2D eigenvalue weighted by molar-refractivity contribution is -0.152. The number of likely N-dealkylation sites (tertiary alicyclic amines) is 1. The first-order valence-electron chi connectivity index (χ1n) is 5.24. The predicted octanol–water partition coefficient (Wildman–Crippen LogP) is 1.27. The van der Waals surface area contributed by atoms with Gasteiger partial charge in [-0.25, -0.2) is 4.79 Å². The van der Waals surface area contributed by atoms with Crippen LogP contribution in [0.4, 0.5) is 0 Å². The van der Waals surface area contributed by atoms with E-state index in [1.165, 1.54) is 11.0 Å². The Labute approximate surface area is 89.6 Å². The zero-order valence-corrected chi connectivity index (χ0v) is 9.14. The van der Waals surface area contributed by atoms with Gasteiger partial charge in [-0.1, -0.05) is 13.0 Å². The summed E-state index contributed by atoms with van der Waals surface area (Å²) in [6, 6.07) is -0.664. The van der Waals surface area contributed by atoms with E-state index < -0.39 is 12.0 Å². The van der Waals surface area contributed by atoms with E-state index in [1.807, 2.05) is 6.92 Å². The van der Waals surface area contributed by atoms with Gasteiger partial charge in [0.25, 0.3) is 0 Å². The number of carbonyl (C=O) groups excluding carboxylic acids is 1. The van der Waals surface area contributed by atoms with Gasteiger partial charge in [-0.3, -0.25) is 4.79 Å². The van der Waals surface area contributed by atoms with Crippen molar-refractivity contribution in [3.63, 3.8) is 0 Å². The molecule has 1 rings (SSSR count). The number of amides is 1. The van der Waals surface area contributed by atoms with Crippen LogP contribution in [-0.4, -0.2) is 34.5 Å². The Morgan fingerprint density at radius 1 is 1.47 bits per heavy atom. The molecule has 1 aliphatic rings. The third-order valence-electron chi connectivity index (χ3n) is 2.78. The smallest absolute Gasteiger partial charge is 0.326 e. The Bertz CT molecular complexity index is 286. The maximum absolute atomic E-state index is 11.6. The molecule has 0 saturated carbocycles. The summed E-state index contributed by atoms with van der Waals surface area (Å²) in [6.07, 6.45) is 4.82. The number of allylic oxidation sites excluding steroid dienone is 1. The average Bonchev–Trinajstić information content (AvgIpc) is 2.17. The zero-order chi connectivity index (χ0) is 11.4. The van der Waals surface area contributed by atoms with Crippen molar-refractivity contribution in [1.82, 2.24) is 4.90 Å². The number of hydrogen-bond donors (Lipinski definition) is 1. The molecule has 84 valence electrons. The molecule has 1 N–H and O–H groups in total. The van der Waals surface area contributed by atoms with Gasteiger partial charge in [0.2, 0.25) is 5.91 Å². The molecule has 1 saturated heterocycles. The molecule has 1 fully saturated rings. The van der Waals surface area contributed by atoms with E-state index in [9.17, 15) is 9.59 Å². The van der Waals surface area contributed by atoms with Crippen LogP contribution in [0, 0.1) is 5.92 Å². The summed E-state index contributed by atoms with van der Waals surface area (Å²) < 4.78 is 0. The number of carboxylic acid groups (broad SMARTS) is 1. The molecular weight excluding hydrogens is 194 g/mol. The average molecular weight is 211 g/mol. The summed E-state index contributed by atoms with van der Waals surface area (Å²) in [5, 5.41) is 9.08. The van der Waals surface area contributed by atoms with Crippen LogP contribution >= 0.6 is 0 Å². The van der Waals surface area contributed by atoms with Gasteiger partial charge < -0.3 is 10.0 Å². The minimum Gasteiger partial charge on any atom is -0.480 e. The van der Waals surface area contributed by atoms with Crippen LogP contribution in [-0.2, 0) is 9.59 Å². The Morgan fingerprint density at radius 3 is 2.67 bits per heavy atom. The fourth-order valence-corrected chi connectivity index (χ4v) is 2.05. The highest BCUT2D eigenvalue weighted by Gasteiger charge is 2.35. The van der Waals surface area contributed by atoms with Crippen molar-refractivity contribution in [3.8, 4) is 0 Å². The van der Waals surface area contributed by atoms with Crippen LogP contribution in [0.1, 0.15) is 26.7 Å². The van der Waals surface area contributed by atoms with Gasteiger partial charge in [-0.15, -0.1) is 0 Å². The molecule has 0 aromatic carbocycles. The van der Waals surface area contributed by atoms with Gasteiger partial charge in [0.15, 0.2) is 0 Å². The summed E-state index contributed by atoms with van der Waals surface area (Å²) in [4.78, 5) is 24.2. The number of rotatable bonds is 2. The van der Waals surface area contributed by atoms with Crippen LogP contribution in [0.25, 0.3) is 0 Å². The number of aliphatic carboxylic acids is 1. The van der Waals surface area contributed by atoms with Crippen LogP contribution in [0.15, 0.2) is 12.2 Å². The van der Waals surface area contributed by atoms with E-state index >= 15 is 0 Å². The van der Waals surface area contributed by atoms with Crippen molar-refractivity contribution in [3.05, 3.63) is 12.2 Å². The predicted molar refractivity (Wildman–Crippen MR) is 56.3 cm³/mol. The summed E-state index contributed by atoms with van der Waals surface area (Å²) >= 11 is 0. The standard InChI is InChI=1S/C11H17NO3/c1-3-5-9(13)12-7-4-6-8(2)10(12)11(14)15/h3,5,8,10H,4,6-7H2,1-2H3,(H,14,15)/b5-3+. The number of carbonyl (C=O) groups is 2. The largest absolute Gasteiger partial charge is 0.480 e. The number of nitrogens with zero attached hydrogens (tertiary/aromatic N) is 1. The van der Waals surface area contributed by atoms with Crippen LogP contribution in [0.5, 0.6) is 0 Å². The van der Waals surface area contributed by atoms with Crippen molar-refractivity contribution in [2.75, 3.05) is 6.54 Å². The Kier molecular flexibility index (Phi) is 3.88. The molecule has 1 heterocycles. The second-order valence-corrected chi connectivity index (χ2v) is 3.93. The first kappa shape index (κ1) is 11.8. The first-order valence-corrected chi connectivity index (χ1v) is 5.24. The van der Waals surface area contributed by atoms with Gasteiger partial charge in [0.05, 0.1) is 0 Å². The Morgan fingerprint density at radius 2 is 2.13 bits per heavy atom. The second kappa shape index (κ2) is 4.96. The maximum atomic E-state index is 11.6. The monoisotopic (exact) mass is 211 g/mol. The molecule has 0 radical (unpaired) electrons. The highest BCUT2D eigenvalue weighted by Crippen LogP contribution is 2.23. The third kappa shape index (κ3) is 2.58. The van der Waals surface area contributed by atoms with E-state index in [2.05, 4.69) is 0 Å². The van der Waals surface area contributed by atoms with E-state index in [1.54, 1.807) is 13.0 Å². The summed E-state index contributed by atoms with van der Waals surface area (Å²) in [5.74, 6) is -1.07. The molecular formula is C11H17NO3. The fourth-order valence-electron chi connectivity index (χ4n) is 2.05. The molecule has 1 aliphatic heterocycles. The molecule has 2 atom stereocenters. The van der Waals surface area contributed by atoms with Crippen molar-refractivity contribution in [2.45, 2.75) is 32.7 Å². The van der Waals surface area contributed by atoms with Crippen molar-refractivity contribution >= 4 is 11.9 Å². The first-order chi connectivity index (χ1) is 7.07. The summed E-state index contributed by atoms with van der Waals surface area (Å²) in [7, 11) is 0. The van der Waals surface area contributed by atoms with E-state index in [0.717, 1.165) is 12.8 Å². The quantitative estimate of drug-likeness (QED) is 0.700. The van der Waals surface area contributed by atoms with E-state index in [4.69, 9.17) is 5.11 Å². The summed E-state index contributed by atoms with van der Waals surface area (Å²) in [6.45, 7) is 4.18. The Balaban J connectivity index is 2.83. The molecule has 0 aromatic heterocycles.